The first-order chi connectivity index (χ1) is 16.7. The number of rotatable bonds is 4. The monoisotopic (exact) mass is 451 g/mol. The molecule has 0 unspecified atom stereocenters. The summed E-state index contributed by atoms with van der Waals surface area (Å²) in [6.45, 7) is 3.95. The summed E-state index contributed by atoms with van der Waals surface area (Å²) in [7, 11) is 0. The van der Waals surface area contributed by atoms with Gasteiger partial charge in [0.2, 0.25) is 0 Å². The Morgan fingerprint density at radius 3 is 2.47 bits per heavy atom. The van der Waals surface area contributed by atoms with E-state index in [2.05, 4.69) is 57.1 Å². The highest BCUT2D eigenvalue weighted by Gasteiger charge is 2.28. The summed E-state index contributed by atoms with van der Waals surface area (Å²) in [5.41, 5.74) is 7.65. The maximum atomic E-state index is 13.4. The molecule has 1 N–H and O–H groups in total. The number of hydrogen-bond donors (Lipinski definition) is 1. The molecule has 0 spiro atoms. The second-order valence-corrected chi connectivity index (χ2v) is 9.13. The third-order valence-electron chi connectivity index (χ3n) is 6.97. The summed E-state index contributed by atoms with van der Waals surface area (Å²) in [5.74, 6) is 2.28. The summed E-state index contributed by atoms with van der Waals surface area (Å²) >= 11 is 0. The van der Waals surface area contributed by atoms with Crippen LogP contribution in [-0.4, -0.2) is 33.0 Å². The molecule has 34 heavy (non-hydrogen) atoms. The molecule has 6 rings (SSSR count). The van der Waals surface area contributed by atoms with Crippen molar-refractivity contribution in [3.8, 4) is 11.3 Å². The number of anilines is 1. The molecule has 0 amide bonds. The number of nitrogens with one attached hydrogen (secondary N) is 1. The van der Waals surface area contributed by atoms with Crippen molar-refractivity contribution in [3.63, 3.8) is 0 Å². The van der Waals surface area contributed by atoms with E-state index >= 15 is 0 Å². The molecule has 0 atom stereocenters. The Morgan fingerprint density at radius 1 is 0.941 bits per heavy atom. The summed E-state index contributed by atoms with van der Waals surface area (Å²) in [5, 5.41) is 0. The number of halogens is 1. The van der Waals surface area contributed by atoms with Crippen LogP contribution in [0, 0.1) is 12.7 Å². The summed E-state index contributed by atoms with van der Waals surface area (Å²) in [6.07, 6.45) is 6.64. The number of fused-ring (bicyclic) bond motifs is 1. The number of piperidine rings is 1. The SMILES string of the molecule is Cc1[nH]c(C2CCN(c3ncnc4c3C=C(c3ccc(F)cc3)C4)CC2)nc1-c1ccccc1. The van der Waals surface area contributed by atoms with Crippen molar-refractivity contribution in [3.05, 3.63) is 95.1 Å². The van der Waals surface area contributed by atoms with Gasteiger partial charge in [0, 0.05) is 42.2 Å². The lowest BCUT2D eigenvalue weighted by atomic mass is 9.96. The smallest absolute Gasteiger partial charge is 0.139 e. The van der Waals surface area contributed by atoms with E-state index in [0.29, 0.717) is 5.92 Å². The van der Waals surface area contributed by atoms with Crippen molar-refractivity contribution in [2.75, 3.05) is 18.0 Å². The molecule has 0 saturated carbocycles. The Hall–Kier alpha value is -3.80. The van der Waals surface area contributed by atoms with Crippen LogP contribution in [0.4, 0.5) is 10.2 Å². The van der Waals surface area contributed by atoms with Crippen molar-refractivity contribution in [1.29, 1.82) is 0 Å². The lowest BCUT2D eigenvalue weighted by molar-refractivity contribution is 0.486. The zero-order chi connectivity index (χ0) is 23.1. The molecular formula is C28H26FN5. The number of H-pyrrole nitrogens is 1. The number of benzene rings is 2. The molecule has 170 valence electrons. The van der Waals surface area contributed by atoms with E-state index in [9.17, 15) is 4.39 Å². The van der Waals surface area contributed by atoms with Gasteiger partial charge >= 0.3 is 0 Å². The highest BCUT2D eigenvalue weighted by Crippen LogP contribution is 2.37. The van der Waals surface area contributed by atoms with Crippen LogP contribution >= 0.6 is 0 Å². The van der Waals surface area contributed by atoms with Crippen LogP contribution in [0.25, 0.3) is 22.9 Å². The lowest BCUT2D eigenvalue weighted by Crippen LogP contribution is -2.34. The third-order valence-corrected chi connectivity index (χ3v) is 6.97. The molecule has 0 radical (unpaired) electrons. The van der Waals surface area contributed by atoms with Crippen molar-refractivity contribution in [2.24, 2.45) is 0 Å². The predicted octanol–water partition coefficient (Wildman–Crippen LogP) is 5.79. The molecule has 1 saturated heterocycles. The maximum absolute atomic E-state index is 13.4. The quantitative estimate of drug-likeness (QED) is 0.426. The Kier molecular flexibility index (Phi) is 5.21. The highest BCUT2D eigenvalue weighted by molar-refractivity contribution is 5.91. The van der Waals surface area contributed by atoms with E-state index in [0.717, 1.165) is 83.3 Å². The first kappa shape index (κ1) is 20.8. The van der Waals surface area contributed by atoms with Crippen molar-refractivity contribution in [2.45, 2.75) is 32.1 Å². The number of imidazole rings is 1. The van der Waals surface area contributed by atoms with Gasteiger partial charge in [-0.25, -0.2) is 19.3 Å². The van der Waals surface area contributed by atoms with Crippen LogP contribution in [0.2, 0.25) is 0 Å². The third kappa shape index (κ3) is 3.79. The molecule has 2 aromatic heterocycles. The van der Waals surface area contributed by atoms with E-state index in [-0.39, 0.29) is 5.82 Å². The molecule has 2 aliphatic rings. The van der Waals surface area contributed by atoms with Gasteiger partial charge in [-0.3, -0.25) is 0 Å². The molecule has 2 aromatic carbocycles. The van der Waals surface area contributed by atoms with E-state index in [1.165, 1.54) is 12.1 Å². The molecule has 1 fully saturated rings. The average molecular weight is 452 g/mol. The molecule has 0 bridgehead atoms. The summed E-state index contributed by atoms with van der Waals surface area (Å²) < 4.78 is 13.4. The van der Waals surface area contributed by atoms with Crippen LogP contribution < -0.4 is 4.90 Å². The minimum atomic E-state index is -0.217. The van der Waals surface area contributed by atoms with Gasteiger partial charge in [-0.2, -0.15) is 0 Å². The molecule has 3 heterocycles. The standard InChI is InChI=1S/C28H26FN5/c1-18-26(20-5-3-2-4-6-20)33-27(32-18)21-11-13-34(14-12-21)28-24-15-22(16-25(24)30-17-31-28)19-7-9-23(29)10-8-19/h2-10,15,17,21H,11-14,16H2,1H3,(H,32,33). The van der Waals surface area contributed by atoms with Gasteiger partial charge in [0.15, 0.2) is 0 Å². The van der Waals surface area contributed by atoms with Crippen LogP contribution in [0.1, 0.15) is 47.1 Å². The minimum absolute atomic E-state index is 0.217. The largest absolute Gasteiger partial charge is 0.356 e. The molecule has 4 aromatic rings. The van der Waals surface area contributed by atoms with Gasteiger partial charge in [-0.05, 0) is 49.1 Å². The molecule has 1 aliphatic carbocycles. The number of allylic oxidation sites excluding steroid dienone is 1. The molecule has 5 nitrogen and oxygen atoms in total. The fourth-order valence-corrected chi connectivity index (χ4v) is 5.14. The number of aromatic amines is 1. The van der Waals surface area contributed by atoms with Gasteiger partial charge in [0.1, 0.15) is 23.8 Å². The van der Waals surface area contributed by atoms with Crippen LogP contribution in [0.3, 0.4) is 0 Å². The Bertz CT molecular complexity index is 1350. The first-order valence-corrected chi connectivity index (χ1v) is 11.8. The summed E-state index contributed by atoms with van der Waals surface area (Å²) in [6, 6.07) is 17.0. The number of aromatic nitrogens is 4. The lowest BCUT2D eigenvalue weighted by Gasteiger charge is -2.32. The molecular weight excluding hydrogens is 425 g/mol. The average Bonchev–Trinajstić information content (AvgIpc) is 3.49. The van der Waals surface area contributed by atoms with Crippen LogP contribution in [0.15, 0.2) is 60.9 Å². The normalized spacial score (nSPS) is 15.9. The van der Waals surface area contributed by atoms with E-state index in [1.54, 1.807) is 6.33 Å². The van der Waals surface area contributed by atoms with Gasteiger partial charge < -0.3 is 9.88 Å². The fraction of sp³-hybridized carbons (Fsp3) is 0.250. The Morgan fingerprint density at radius 2 is 1.71 bits per heavy atom. The van der Waals surface area contributed by atoms with Crippen LogP contribution in [-0.2, 0) is 6.42 Å². The van der Waals surface area contributed by atoms with Gasteiger partial charge in [0.05, 0.1) is 11.4 Å². The number of hydrogen-bond acceptors (Lipinski definition) is 4. The van der Waals surface area contributed by atoms with Crippen molar-refractivity contribution >= 4 is 17.5 Å². The maximum Gasteiger partial charge on any atom is 0.139 e. The number of aryl methyl sites for hydroxylation is 1. The van der Waals surface area contributed by atoms with Crippen molar-refractivity contribution < 1.29 is 4.39 Å². The fourth-order valence-electron chi connectivity index (χ4n) is 5.14. The second kappa shape index (κ2) is 8.52. The predicted molar refractivity (Wildman–Crippen MR) is 133 cm³/mol. The van der Waals surface area contributed by atoms with Gasteiger partial charge in [-0.1, -0.05) is 42.5 Å². The zero-order valence-electron chi connectivity index (χ0n) is 19.1. The van der Waals surface area contributed by atoms with E-state index < -0.39 is 0 Å². The summed E-state index contributed by atoms with van der Waals surface area (Å²) in [4.78, 5) is 20.1. The topological polar surface area (TPSA) is 57.7 Å². The minimum Gasteiger partial charge on any atom is -0.356 e. The van der Waals surface area contributed by atoms with Gasteiger partial charge in [0.25, 0.3) is 0 Å². The Balaban J connectivity index is 1.20. The second-order valence-electron chi connectivity index (χ2n) is 9.13. The first-order valence-electron chi connectivity index (χ1n) is 11.8. The Labute approximate surface area is 198 Å². The van der Waals surface area contributed by atoms with E-state index in [1.807, 2.05) is 18.2 Å². The molecule has 1 aliphatic heterocycles. The molecule has 6 heteroatoms. The van der Waals surface area contributed by atoms with E-state index in [4.69, 9.17) is 4.98 Å². The van der Waals surface area contributed by atoms with Crippen molar-refractivity contribution in [1.82, 2.24) is 19.9 Å². The van der Waals surface area contributed by atoms with Crippen LogP contribution in [0.5, 0.6) is 0 Å². The zero-order valence-corrected chi connectivity index (χ0v) is 19.1. The number of nitrogens with zero attached hydrogens (tertiary/aromatic N) is 4. The highest BCUT2D eigenvalue weighted by atomic mass is 19.1. The van der Waals surface area contributed by atoms with Gasteiger partial charge in [-0.15, -0.1) is 0 Å².